The molecule has 0 aliphatic heterocycles. The largest absolute Gasteiger partial charge is 0.289 e. The van der Waals surface area contributed by atoms with E-state index in [2.05, 4.69) is 37.8 Å². The predicted octanol–water partition coefficient (Wildman–Crippen LogP) is 1.81. The lowest BCUT2D eigenvalue weighted by Gasteiger charge is -2.31. The Bertz CT molecular complexity index is 120. The summed E-state index contributed by atoms with van der Waals surface area (Å²) < 4.78 is 0. The minimum atomic E-state index is -0.210. The molecule has 60 valence electrons. The fourth-order valence-electron chi connectivity index (χ4n) is 0.957. The van der Waals surface area contributed by atoms with Gasteiger partial charge >= 0.3 is 0 Å². The number of nitrogens with zero attached hydrogens (tertiary/aromatic N) is 1. The van der Waals surface area contributed by atoms with E-state index in [0.717, 1.165) is 0 Å². The van der Waals surface area contributed by atoms with Crippen LogP contribution in [0.3, 0.4) is 0 Å². The van der Waals surface area contributed by atoms with E-state index < -0.39 is 0 Å². The summed E-state index contributed by atoms with van der Waals surface area (Å²) in [6.45, 7) is 13.8. The highest BCUT2D eigenvalue weighted by atomic mass is 15.1. The van der Waals surface area contributed by atoms with Crippen molar-refractivity contribution in [1.82, 2.24) is 5.32 Å². The highest BCUT2D eigenvalue weighted by Gasteiger charge is 2.21. The zero-order valence-electron chi connectivity index (χ0n) is 7.65. The second-order valence-electron chi connectivity index (χ2n) is 4.09. The smallest absolute Gasteiger partial charge is 0.104 e. The molecule has 0 atom stereocenters. The van der Waals surface area contributed by atoms with Crippen LogP contribution in [0.2, 0.25) is 0 Å². The Morgan fingerprint density at radius 1 is 1.10 bits per heavy atom. The van der Waals surface area contributed by atoms with Gasteiger partial charge in [0.05, 0.1) is 0 Å². The van der Waals surface area contributed by atoms with Crippen molar-refractivity contribution in [3.63, 3.8) is 0 Å². The molecular weight excluding hydrogens is 124 g/mol. The SMILES string of the molecule is C=NC(C)(C)NC(C)(C)C. The lowest BCUT2D eigenvalue weighted by Crippen LogP contribution is -2.48. The molecule has 0 unspecified atom stereocenters. The van der Waals surface area contributed by atoms with Crippen LogP contribution < -0.4 is 5.32 Å². The number of rotatable bonds is 2. The molecule has 0 spiro atoms. The Morgan fingerprint density at radius 2 is 1.50 bits per heavy atom. The molecule has 2 heteroatoms. The van der Waals surface area contributed by atoms with Gasteiger partial charge in [-0.05, 0) is 41.3 Å². The van der Waals surface area contributed by atoms with E-state index in [1.165, 1.54) is 0 Å². The van der Waals surface area contributed by atoms with Crippen LogP contribution in [-0.4, -0.2) is 17.9 Å². The first kappa shape index (κ1) is 9.63. The van der Waals surface area contributed by atoms with Gasteiger partial charge in [-0.2, -0.15) is 0 Å². The van der Waals surface area contributed by atoms with Crippen LogP contribution in [0.15, 0.2) is 4.99 Å². The van der Waals surface area contributed by atoms with E-state index in [1.54, 1.807) is 0 Å². The van der Waals surface area contributed by atoms with Crippen molar-refractivity contribution in [3.05, 3.63) is 0 Å². The second kappa shape index (κ2) is 2.70. The Kier molecular flexibility index (Phi) is 2.60. The monoisotopic (exact) mass is 142 g/mol. The fourth-order valence-corrected chi connectivity index (χ4v) is 0.957. The summed E-state index contributed by atoms with van der Waals surface area (Å²) in [6, 6.07) is 0. The summed E-state index contributed by atoms with van der Waals surface area (Å²) in [5, 5.41) is 3.32. The second-order valence-corrected chi connectivity index (χ2v) is 4.09. The van der Waals surface area contributed by atoms with Gasteiger partial charge in [0, 0.05) is 5.54 Å². The molecule has 0 saturated heterocycles. The molecule has 0 rings (SSSR count). The summed E-state index contributed by atoms with van der Waals surface area (Å²) in [5.41, 5.74) is -0.108. The van der Waals surface area contributed by atoms with Gasteiger partial charge in [0.25, 0.3) is 0 Å². The van der Waals surface area contributed by atoms with E-state index in [0.29, 0.717) is 0 Å². The molecule has 1 N–H and O–H groups in total. The van der Waals surface area contributed by atoms with Gasteiger partial charge in [-0.25, -0.2) is 0 Å². The van der Waals surface area contributed by atoms with E-state index in [1.807, 2.05) is 13.8 Å². The topological polar surface area (TPSA) is 24.4 Å². The molecule has 2 nitrogen and oxygen atoms in total. The van der Waals surface area contributed by atoms with Crippen molar-refractivity contribution in [2.45, 2.75) is 45.8 Å². The van der Waals surface area contributed by atoms with Crippen molar-refractivity contribution >= 4 is 6.72 Å². The molecule has 10 heavy (non-hydrogen) atoms. The zero-order valence-corrected chi connectivity index (χ0v) is 7.65. The van der Waals surface area contributed by atoms with Crippen molar-refractivity contribution in [2.24, 2.45) is 4.99 Å². The maximum atomic E-state index is 3.94. The molecule has 0 amide bonds. The van der Waals surface area contributed by atoms with Gasteiger partial charge in [0.15, 0.2) is 0 Å². The lowest BCUT2D eigenvalue weighted by atomic mass is 10.1. The summed E-state index contributed by atoms with van der Waals surface area (Å²) in [7, 11) is 0. The summed E-state index contributed by atoms with van der Waals surface area (Å²) >= 11 is 0. The van der Waals surface area contributed by atoms with Crippen LogP contribution in [-0.2, 0) is 0 Å². The van der Waals surface area contributed by atoms with Gasteiger partial charge in [-0.3, -0.25) is 10.3 Å². The standard InChI is InChI=1S/C8H18N2/c1-7(2,3)10-8(4,5)9-6/h10H,6H2,1-5H3. The maximum absolute atomic E-state index is 3.94. The predicted molar refractivity (Wildman–Crippen MR) is 46.5 cm³/mol. The van der Waals surface area contributed by atoms with E-state index in [9.17, 15) is 0 Å². The number of nitrogens with one attached hydrogen (secondary N) is 1. The Hall–Kier alpha value is -0.370. The number of hydrogen-bond acceptors (Lipinski definition) is 2. The van der Waals surface area contributed by atoms with Crippen LogP contribution >= 0.6 is 0 Å². The Labute approximate surface area is 63.7 Å². The molecule has 0 bridgehead atoms. The first-order valence-electron chi connectivity index (χ1n) is 3.54. The minimum absolute atomic E-state index is 0.102. The molecule has 0 radical (unpaired) electrons. The van der Waals surface area contributed by atoms with Crippen molar-refractivity contribution in [2.75, 3.05) is 0 Å². The van der Waals surface area contributed by atoms with E-state index >= 15 is 0 Å². The van der Waals surface area contributed by atoms with Crippen molar-refractivity contribution in [3.8, 4) is 0 Å². The zero-order chi connectivity index (χ0) is 8.41. The molecule has 0 fully saturated rings. The molecule has 0 heterocycles. The fraction of sp³-hybridized carbons (Fsp3) is 0.875. The minimum Gasteiger partial charge on any atom is -0.289 e. The molecule has 0 aromatic rings. The van der Waals surface area contributed by atoms with Gasteiger partial charge < -0.3 is 0 Å². The van der Waals surface area contributed by atoms with Crippen LogP contribution in [0.1, 0.15) is 34.6 Å². The highest BCUT2D eigenvalue weighted by molar-refractivity contribution is 5.25. The van der Waals surface area contributed by atoms with Gasteiger partial charge in [-0.1, -0.05) is 0 Å². The normalized spacial score (nSPS) is 13.3. The molecule has 0 aromatic carbocycles. The molecule has 0 saturated carbocycles. The van der Waals surface area contributed by atoms with Crippen LogP contribution in [0.4, 0.5) is 0 Å². The maximum Gasteiger partial charge on any atom is 0.104 e. The van der Waals surface area contributed by atoms with Gasteiger partial charge in [-0.15, -0.1) is 0 Å². The molecule has 0 aromatic heterocycles. The lowest BCUT2D eigenvalue weighted by molar-refractivity contribution is 0.293. The molecule has 0 aliphatic carbocycles. The summed E-state index contributed by atoms with van der Waals surface area (Å²) in [4.78, 5) is 3.94. The van der Waals surface area contributed by atoms with Crippen molar-refractivity contribution in [1.29, 1.82) is 0 Å². The van der Waals surface area contributed by atoms with Crippen LogP contribution in [0, 0.1) is 0 Å². The third-order valence-electron chi connectivity index (χ3n) is 1.08. The van der Waals surface area contributed by atoms with E-state index in [4.69, 9.17) is 0 Å². The number of aliphatic imine (C=N–C) groups is 1. The first-order valence-corrected chi connectivity index (χ1v) is 3.54. The average molecular weight is 142 g/mol. The third-order valence-corrected chi connectivity index (χ3v) is 1.08. The van der Waals surface area contributed by atoms with Crippen molar-refractivity contribution < 1.29 is 0 Å². The van der Waals surface area contributed by atoms with Gasteiger partial charge in [0.1, 0.15) is 5.66 Å². The Balaban J connectivity index is 4.01. The Morgan fingerprint density at radius 3 is 1.60 bits per heavy atom. The molecular formula is C8H18N2. The van der Waals surface area contributed by atoms with E-state index in [-0.39, 0.29) is 11.2 Å². The van der Waals surface area contributed by atoms with Crippen LogP contribution in [0.5, 0.6) is 0 Å². The summed E-state index contributed by atoms with van der Waals surface area (Å²) in [6.07, 6.45) is 0. The van der Waals surface area contributed by atoms with Crippen LogP contribution in [0.25, 0.3) is 0 Å². The molecule has 0 aliphatic rings. The first-order chi connectivity index (χ1) is 4.27. The summed E-state index contributed by atoms with van der Waals surface area (Å²) in [5.74, 6) is 0. The van der Waals surface area contributed by atoms with Gasteiger partial charge in [0.2, 0.25) is 0 Å². The third kappa shape index (κ3) is 4.50. The quantitative estimate of drug-likeness (QED) is 0.584. The highest BCUT2D eigenvalue weighted by Crippen LogP contribution is 2.10. The average Bonchev–Trinajstić information content (AvgIpc) is 1.60. The number of hydrogen-bond donors (Lipinski definition) is 1.